The first kappa shape index (κ1) is 16.5. The first-order valence-corrected chi connectivity index (χ1v) is 8.14. The van der Waals surface area contributed by atoms with Gasteiger partial charge in [-0.15, -0.1) is 0 Å². The SMILES string of the molecule is CCCCCCOc1ccc(C(C)NCC)c(Br)c1. The molecule has 0 fully saturated rings. The van der Waals surface area contributed by atoms with Crippen LogP contribution in [0.2, 0.25) is 0 Å². The van der Waals surface area contributed by atoms with Crippen molar-refractivity contribution >= 4 is 15.9 Å². The number of nitrogens with one attached hydrogen (secondary N) is 1. The topological polar surface area (TPSA) is 21.3 Å². The Morgan fingerprint density at radius 2 is 2.00 bits per heavy atom. The van der Waals surface area contributed by atoms with Crippen LogP contribution in [-0.2, 0) is 0 Å². The zero-order chi connectivity index (χ0) is 14.1. The molecule has 0 amide bonds. The Balaban J connectivity index is 2.47. The summed E-state index contributed by atoms with van der Waals surface area (Å²) >= 11 is 3.63. The molecular weight excluding hydrogens is 302 g/mol. The second-order valence-electron chi connectivity index (χ2n) is 4.87. The van der Waals surface area contributed by atoms with Crippen LogP contribution in [0, 0.1) is 0 Å². The molecule has 1 N–H and O–H groups in total. The molecule has 0 heterocycles. The molecule has 0 bridgehead atoms. The van der Waals surface area contributed by atoms with Gasteiger partial charge in [-0.1, -0.05) is 55.1 Å². The summed E-state index contributed by atoms with van der Waals surface area (Å²) in [7, 11) is 0. The quantitative estimate of drug-likeness (QED) is 0.638. The second-order valence-corrected chi connectivity index (χ2v) is 5.73. The molecule has 0 aliphatic heterocycles. The van der Waals surface area contributed by atoms with Gasteiger partial charge in [0.05, 0.1) is 6.61 Å². The van der Waals surface area contributed by atoms with Crippen LogP contribution < -0.4 is 10.1 Å². The standard InChI is InChI=1S/C16H26BrNO/c1-4-6-7-8-11-19-14-9-10-15(16(17)12-14)13(3)18-5-2/h9-10,12-13,18H,4-8,11H2,1-3H3. The molecule has 1 aromatic rings. The Kier molecular flexibility index (Phi) is 8.15. The maximum Gasteiger partial charge on any atom is 0.120 e. The van der Waals surface area contributed by atoms with E-state index in [1.165, 1.54) is 24.8 Å². The summed E-state index contributed by atoms with van der Waals surface area (Å²) in [5, 5.41) is 3.42. The van der Waals surface area contributed by atoms with Crippen LogP contribution in [0.4, 0.5) is 0 Å². The predicted molar refractivity (Wildman–Crippen MR) is 85.9 cm³/mol. The lowest BCUT2D eigenvalue weighted by Gasteiger charge is -2.15. The number of ether oxygens (including phenoxy) is 1. The summed E-state index contributed by atoms with van der Waals surface area (Å²) in [6.07, 6.45) is 4.96. The summed E-state index contributed by atoms with van der Waals surface area (Å²) in [5.41, 5.74) is 1.28. The van der Waals surface area contributed by atoms with Gasteiger partial charge in [-0.05, 0) is 37.6 Å². The number of rotatable bonds is 9. The maximum absolute atomic E-state index is 5.78. The maximum atomic E-state index is 5.78. The zero-order valence-corrected chi connectivity index (χ0v) is 13.9. The van der Waals surface area contributed by atoms with E-state index in [0.717, 1.165) is 29.8 Å². The smallest absolute Gasteiger partial charge is 0.120 e. The highest BCUT2D eigenvalue weighted by Crippen LogP contribution is 2.27. The monoisotopic (exact) mass is 327 g/mol. The summed E-state index contributed by atoms with van der Waals surface area (Å²) in [5.74, 6) is 0.954. The minimum atomic E-state index is 0.359. The van der Waals surface area contributed by atoms with Gasteiger partial charge in [0.2, 0.25) is 0 Å². The van der Waals surface area contributed by atoms with Crippen molar-refractivity contribution in [2.24, 2.45) is 0 Å². The minimum absolute atomic E-state index is 0.359. The zero-order valence-electron chi connectivity index (χ0n) is 12.3. The first-order chi connectivity index (χ1) is 9.19. The molecule has 1 unspecified atom stereocenters. The Morgan fingerprint density at radius 1 is 1.21 bits per heavy atom. The number of hydrogen-bond acceptors (Lipinski definition) is 2. The number of unbranched alkanes of at least 4 members (excludes halogenated alkanes) is 3. The van der Waals surface area contributed by atoms with Crippen molar-refractivity contribution in [1.82, 2.24) is 5.32 Å². The summed E-state index contributed by atoms with van der Waals surface area (Å²) in [6, 6.07) is 6.63. The highest BCUT2D eigenvalue weighted by atomic mass is 79.9. The van der Waals surface area contributed by atoms with E-state index in [0.29, 0.717) is 6.04 Å². The minimum Gasteiger partial charge on any atom is -0.494 e. The van der Waals surface area contributed by atoms with Crippen molar-refractivity contribution in [3.8, 4) is 5.75 Å². The van der Waals surface area contributed by atoms with Crippen LogP contribution in [0.5, 0.6) is 5.75 Å². The fourth-order valence-electron chi connectivity index (χ4n) is 2.08. The van der Waals surface area contributed by atoms with Crippen molar-refractivity contribution < 1.29 is 4.74 Å². The summed E-state index contributed by atoms with van der Waals surface area (Å²) in [6.45, 7) is 8.31. The van der Waals surface area contributed by atoms with E-state index in [4.69, 9.17) is 4.74 Å². The lowest BCUT2D eigenvalue weighted by Crippen LogP contribution is -2.18. The fraction of sp³-hybridized carbons (Fsp3) is 0.625. The number of hydrogen-bond donors (Lipinski definition) is 1. The van der Waals surface area contributed by atoms with E-state index < -0.39 is 0 Å². The van der Waals surface area contributed by atoms with Crippen molar-refractivity contribution in [2.45, 2.75) is 52.5 Å². The van der Waals surface area contributed by atoms with Gasteiger partial charge in [0.25, 0.3) is 0 Å². The first-order valence-electron chi connectivity index (χ1n) is 7.34. The molecule has 1 aromatic carbocycles. The molecule has 0 saturated heterocycles. The van der Waals surface area contributed by atoms with Gasteiger partial charge in [-0.25, -0.2) is 0 Å². The van der Waals surface area contributed by atoms with Crippen LogP contribution in [0.3, 0.4) is 0 Å². The second kappa shape index (κ2) is 9.38. The average molecular weight is 328 g/mol. The lowest BCUT2D eigenvalue weighted by atomic mass is 10.1. The number of benzene rings is 1. The fourth-order valence-corrected chi connectivity index (χ4v) is 2.78. The number of halogens is 1. The van der Waals surface area contributed by atoms with Gasteiger partial charge in [-0.3, -0.25) is 0 Å². The molecule has 0 aliphatic carbocycles. The molecule has 19 heavy (non-hydrogen) atoms. The summed E-state index contributed by atoms with van der Waals surface area (Å²) < 4.78 is 6.90. The van der Waals surface area contributed by atoms with Crippen molar-refractivity contribution in [3.05, 3.63) is 28.2 Å². The molecule has 0 radical (unpaired) electrons. The highest BCUT2D eigenvalue weighted by Gasteiger charge is 2.08. The van der Waals surface area contributed by atoms with E-state index in [1.54, 1.807) is 0 Å². The van der Waals surface area contributed by atoms with Gasteiger partial charge in [0.1, 0.15) is 5.75 Å². The van der Waals surface area contributed by atoms with Gasteiger partial charge in [-0.2, -0.15) is 0 Å². The summed E-state index contributed by atoms with van der Waals surface area (Å²) in [4.78, 5) is 0. The lowest BCUT2D eigenvalue weighted by molar-refractivity contribution is 0.304. The molecular formula is C16H26BrNO. The van der Waals surface area contributed by atoms with Crippen LogP contribution in [0.15, 0.2) is 22.7 Å². The van der Waals surface area contributed by atoms with E-state index in [-0.39, 0.29) is 0 Å². The van der Waals surface area contributed by atoms with Crippen LogP contribution in [-0.4, -0.2) is 13.2 Å². The van der Waals surface area contributed by atoms with Crippen molar-refractivity contribution in [3.63, 3.8) is 0 Å². The van der Waals surface area contributed by atoms with Gasteiger partial charge in [0, 0.05) is 10.5 Å². The molecule has 1 atom stereocenters. The van der Waals surface area contributed by atoms with E-state index >= 15 is 0 Å². The van der Waals surface area contributed by atoms with Crippen LogP contribution in [0.25, 0.3) is 0 Å². The van der Waals surface area contributed by atoms with Gasteiger partial charge in [0.15, 0.2) is 0 Å². The normalized spacial score (nSPS) is 12.4. The van der Waals surface area contributed by atoms with E-state index in [1.807, 2.05) is 0 Å². The van der Waals surface area contributed by atoms with Crippen LogP contribution in [0.1, 0.15) is 58.1 Å². The molecule has 0 saturated carbocycles. The third kappa shape index (κ3) is 5.96. The largest absolute Gasteiger partial charge is 0.494 e. The molecule has 0 spiro atoms. The third-order valence-corrected chi connectivity index (χ3v) is 3.90. The molecule has 2 nitrogen and oxygen atoms in total. The Labute approximate surface area is 126 Å². The average Bonchev–Trinajstić information content (AvgIpc) is 2.39. The highest BCUT2D eigenvalue weighted by molar-refractivity contribution is 9.10. The van der Waals surface area contributed by atoms with Gasteiger partial charge >= 0.3 is 0 Å². The predicted octanol–water partition coefficient (Wildman–Crippen LogP) is 5.08. The van der Waals surface area contributed by atoms with Crippen molar-refractivity contribution in [1.29, 1.82) is 0 Å². The van der Waals surface area contributed by atoms with Crippen LogP contribution >= 0.6 is 15.9 Å². The third-order valence-electron chi connectivity index (χ3n) is 3.22. The van der Waals surface area contributed by atoms with E-state index in [9.17, 15) is 0 Å². The molecule has 0 aromatic heterocycles. The molecule has 0 aliphatic rings. The molecule has 108 valence electrons. The molecule has 1 rings (SSSR count). The Morgan fingerprint density at radius 3 is 2.63 bits per heavy atom. The van der Waals surface area contributed by atoms with Crippen molar-refractivity contribution in [2.75, 3.05) is 13.2 Å². The Hall–Kier alpha value is -0.540. The molecule has 3 heteroatoms. The van der Waals surface area contributed by atoms with E-state index in [2.05, 4.69) is 60.2 Å². The Bertz CT molecular complexity index is 368. The van der Waals surface area contributed by atoms with Gasteiger partial charge < -0.3 is 10.1 Å².